The van der Waals surface area contributed by atoms with Crippen molar-refractivity contribution in [2.45, 2.75) is 39.7 Å². The molecule has 0 aromatic heterocycles. The molecule has 0 aliphatic carbocycles. The summed E-state index contributed by atoms with van der Waals surface area (Å²) in [6.07, 6.45) is 1.98. The van der Waals surface area contributed by atoms with E-state index in [2.05, 4.69) is 44.3 Å². The van der Waals surface area contributed by atoms with E-state index in [9.17, 15) is 4.39 Å². The quantitative estimate of drug-likeness (QED) is 0.809. The number of rotatable bonds is 6. The van der Waals surface area contributed by atoms with E-state index in [1.54, 1.807) is 0 Å². The van der Waals surface area contributed by atoms with E-state index in [0.29, 0.717) is 0 Å². The molecule has 0 fully saturated rings. The lowest BCUT2D eigenvalue weighted by atomic mass is 9.96. The van der Waals surface area contributed by atoms with Gasteiger partial charge in [0.25, 0.3) is 0 Å². The van der Waals surface area contributed by atoms with Crippen LogP contribution in [-0.4, -0.2) is 6.54 Å². The first-order chi connectivity index (χ1) is 10.1. The van der Waals surface area contributed by atoms with Gasteiger partial charge >= 0.3 is 0 Å². The lowest BCUT2D eigenvalue weighted by molar-refractivity contribution is 0.528. The van der Waals surface area contributed by atoms with Crippen LogP contribution in [0, 0.1) is 19.7 Å². The molecular weight excluding hydrogens is 261 g/mol. The first-order valence-corrected chi connectivity index (χ1v) is 7.64. The molecule has 1 atom stereocenters. The third kappa shape index (κ3) is 4.68. The van der Waals surface area contributed by atoms with Crippen molar-refractivity contribution in [1.82, 2.24) is 5.32 Å². The molecular formula is C19H24FN. The molecule has 2 aromatic carbocycles. The van der Waals surface area contributed by atoms with Gasteiger partial charge in [0.2, 0.25) is 0 Å². The third-order valence-corrected chi connectivity index (χ3v) is 3.64. The highest BCUT2D eigenvalue weighted by Gasteiger charge is 2.12. The van der Waals surface area contributed by atoms with Gasteiger partial charge in [-0.05, 0) is 56.5 Å². The minimum atomic E-state index is -0.178. The van der Waals surface area contributed by atoms with E-state index in [1.165, 1.54) is 28.8 Å². The first-order valence-electron chi connectivity index (χ1n) is 7.64. The summed E-state index contributed by atoms with van der Waals surface area (Å²) in [7, 11) is 0. The Bertz CT molecular complexity index is 554. The lowest BCUT2D eigenvalue weighted by Crippen LogP contribution is -2.24. The maximum atomic E-state index is 13.0. The normalized spacial score (nSPS) is 12.4. The Hall–Kier alpha value is -1.67. The Balaban J connectivity index is 2.22. The first kappa shape index (κ1) is 15.7. The van der Waals surface area contributed by atoms with E-state index in [4.69, 9.17) is 0 Å². The molecule has 0 aliphatic heterocycles. The van der Waals surface area contributed by atoms with Crippen LogP contribution in [0.1, 0.15) is 41.6 Å². The Kier molecular flexibility index (Phi) is 5.51. The predicted molar refractivity (Wildman–Crippen MR) is 87.1 cm³/mol. The van der Waals surface area contributed by atoms with E-state index < -0.39 is 0 Å². The Labute approximate surface area is 127 Å². The monoisotopic (exact) mass is 285 g/mol. The van der Waals surface area contributed by atoms with Crippen LogP contribution in [0.3, 0.4) is 0 Å². The second-order valence-corrected chi connectivity index (χ2v) is 5.76. The number of benzene rings is 2. The fraction of sp³-hybridized carbons (Fsp3) is 0.368. The van der Waals surface area contributed by atoms with Crippen molar-refractivity contribution in [3.63, 3.8) is 0 Å². The van der Waals surface area contributed by atoms with Gasteiger partial charge < -0.3 is 5.32 Å². The zero-order valence-corrected chi connectivity index (χ0v) is 13.1. The van der Waals surface area contributed by atoms with Crippen molar-refractivity contribution >= 4 is 0 Å². The fourth-order valence-corrected chi connectivity index (χ4v) is 2.69. The van der Waals surface area contributed by atoms with E-state index in [-0.39, 0.29) is 11.9 Å². The molecule has 0 bridgehead atoms. The highest BCUT2D eigenvalue weighted by molar-refractivity contribution is 5.32. The molecule has 1 N–H and O–H groups in total. The molecule has 0 heterocycles. The molecule has 1 unspecified atom stereocenters. The van der Waals surface area contributed by atoms with Crippen LogP contribution in [0.4, 0.5) is 4.39 Å². The maximum absolute atomic E-state index is 13.0. The molecule has 0 amide bonds. The summed E-state index contributed by atoms with van der Waals surface area (Å²) in [5.74, 6) is -0.178. The van der Waals surface area contributed by atoms with Crippen LogP contribution < -0.4 is 5.32 Å². The van der Waals surface area contributed by atoms with E-state index >= 15 is 0 Å². The van der Waals surface area contributed by atoms with Gasteiger partial charge in [-0.2, -0.15) is 0 Å². The zero-order chi connectivity index (χ0) is 15.2. The van der Waals surface area contributed by atoms with E-state index in [1.807, 2.05) is 12.1 Å². The molecule has 112 valence electrons. The van der Waals surface area contributed by atoms with Crippen LogP contribution in [0.2, 0.25) is 0 Å². The topological polar surface area (TPSA) is 12.0 Å². The van der Waals surface area contributed by atoms with Crippen LogP contribution in [0.15, 0.2) is 42.5 Å². The summed E-state index contributed by atoms with van der Waals surface area (Å²) in [4.78, 5) is 0. The number of aryl methyl sites for hydroxylation is 2. The standard InChI is InChI=1S/C19H24FN/c1-4-9-21-19(13-16-5-7-18(20)8-6-16)17-11-14(2)10-15(3)12-17/h5-8,10-12,19,21H,4,9,13H2,1-3H3. The summed E-state index contributed by atoms with van der Waals surface area (Å²) >= 11 is 0. The zero-order valence-electron chi connectivity index (χ0n) is 13.1. The largest absolute Gasteiger partial charge is 0.310 e. The Morgan fingerprint density at radius 1 is 1.00 bits per heavy atom. The molecule has 21 heavy (non-hydrogen) atoms. The summed E-state index contributed by atoms with van der Waals surface area (Å²) < 4.78 is 13.0. The molecule has 1 nitrogen and oxygen atoms in total. The van der Waals surface area contributed by atoms with Gasteiger partial charge in [-0.25, -0.2) is 4.39 Å². The molecule has 2 heteroatoms. The lowest BCUT2D eigenvalue weighted by Gasteiger charge is -2.20. The van der Waals surface area contributed by atoms with Crippen molar-refractivity contribution < 1.29 is 4.39 Å². The summed E-state index contributed by atoms with van der Waals surface area (Å²) in [5, 5.41) is 3.61. The second-order valence-electron chi connectivity index (χ2n) is 5.76. The minimum Gasteiger partial charge on any atom is -0.310 e. The highest BCUT2D eigenvalue weighted by Crippen LogP contribution is 2.21. The Morgan fingerprint density at radius 2 is 1.62 bits per heavy atom. The van der Waals surface area contributed by atoms with E-state index in [0.717, 1.165) is 24.9 Å². The molecule has 0 saturated heterocycles. The molecule has 0 spiro atoms. The Morgan fingerprint density at radius 3 is 2.19 bits per heavy atom. The number of halogens is 1. The van der Waals surface area contributed by atoms with Gasteiger partial charge in [0, 0.05) is 6.04 Å². The van der Waals surface area contributed by atoms with Gasteiger partial charge in [-0.3, -0.25) is 0 Å². The van der Waals surface area contributed by atoms with Crippen LogP contribution in [-0.2, 0) is 6.42 Å². The third-order valence-electron chi connectivity index (χ3n) is 3.64. The smallest absolute Gasteiger partial charge is 0.123 e. The van der Waals surface area contributed by atoms with Gasteiger partial charge in [-0.1, -0.05) is 48.4 Å². The fourth-order valence-electron chi connectivity index (χ4n) is 2.69. The predicted octanol–water partition coefficient (Wildman–Crippen LogP) is 4.73. The summed E-state index contributed by atoms with van der Waals surface area (Å²) in [5.41, 5.74) is 5.04. The molecule has 0 saturated carbocycles. The second kappa shape index (κ2) is 7.37. The minimum absolute atomic E-state index is 0.178. The number of hydrogen-bond acceptors (Lipinski definition) is 1. The van der Waals surface area contributed by atoms with Gasteiger partial charge in [0.1, 0.15) is 5.82 Å². The average molecular weight is 285 g/mol. The van der Waals surface area contributed by atoms with Gasteiger partial charge in [0.05, 0.1) is 0 Å². The van der Waals surface area contributed by atoms with Crippen molar-refractivity contribution in [2.24, 2.45) is 0 Å². The van der Waals surface area contributed by atoms with Crippen molar-refractivity contribution in [3.05, 3.63) is 70.5 Å². The maximum Gasteiger partial charge on any atom is 0.123 e. The van der Waals surface area contributed by atoms with Gasteiger partial charge in [-0.15, -0.1) is 0 Å². The highest BCUT2D eigenvalue weighted by atomic mass is 19.1. The van der Waals surface area contributed by atoms with Crippen molar-refractivity contribution in [3.8, 4) is 0 Å². The number of nitrogens with one attached hydrogen (secondary N) is 1. The van der Waals surface area contributed by atoms with Crippen LogP contribution >= 0.6 is 0 Å². The number of hydrogen-bond donors (Lipinski definition) is 1. The SMILES string of the molecule is CCCNC(Cc1ccc(F)cc1)c1cc(C)cc(C)c1. The molecule has 2 aromatic rings. The average Bonchev–Trinajstić information content (AvgIpc) is 2.44. The van der Waals surface area contributed by atoms with Crippen LogP contribution in [0.25, 0.3) is 0 Å². The molecule has 2 rings (SSSR count). The molecule has 0 radical (unpaired) electrons. The van der Waals surface area contributed by atoms with Crippen molar-refractivity contribution in [2.75, 3.05) is 6.54 Å². The molecule has 0 aliphatic rings. The summed E-state index contributed by atoms with van der Waals surface area (Å²) in [6.45, 7) is 7.42. The summed E-state index contributed by atoms with van der Waals surface area (Å²) in [6, 6.07) is 13.8. The van der Waals surface area contributed by atoms with Gasteiger partial charge in [0.15, 0.2) is 0 Å². The van der Waals surface area contributed by atoms with Crippen molar-refractivity contribution in [1.29, 1.82) is 0 Å². The van der Waals surface area contributed by atoms with Crippen LogP contribution in [0.5, 0.6) is 0 Å².